The minimum Gasteiger partial charge on any atom is -0.495 e. The second-order valence-electron chi connectivity index (χ2n) is 6.32. The highest BCUT2D eigenvalue weighted by Crippen LogP contribution is 2.40. The van der Waals surface area contributed by atoms with Crippen molar-refractivity contribution in [3.8, 4) is 11.8 Å². The van der Waals surface area contributed by atoms with Crippen LogP contribution in [0.3, 0.4) is 0 Å². The first-order valence-electron chi connectivity index (χ1n) is 7.82. The molecule has 2 bridgehead atoms. The van der Waals surface area contributed by atoms with Crippen molar-refractivity contribution in [2.24, 2.45) is 5.92 Å². The zero-order chi connectivity index (χ0) is 16.6. The van der Waals surface area contributed by atoms with E-state index in [9.17, 15) is 13.2 Å². The van der Waals surface area contributed by atoms with Gasteiger partial charge < -0.3 is 4.74 Å². The molecule has 5 nitrogen and oxygen atoms in total. The maximum absolute atomic E-state index is 12.8. The Morgan fingerprint density at radius 1 is 1.26 bits per heavy atom. The van der Waals surface area contributed by atoms with Crippen molar-refractivity contribution in [1.29, 1.82) is 5.26 Å². The van der Waals surface area contributed by atoms with Crippen LogP contribution in [0.15, 0.2) is 18.2 Å². The number of carbonyl (C=O) groups is 1. The fourth-order valence-corrected chi connectivity index (χ4v) is 6.33. The summed E-state index contributed by atoms with van der Waals surface area (Å²) in [4.78, 5) is 12.8. The van der Waals surface area contributed by atoms with Crippen LogP contribution in [0.4, 0.5) is 0 Å². The molecule has 2 unspecified atom stereocenters. The number of fused-ring (bicyclic) bond motifs is 2. The number of Topliss-reactive ketones (excluding diaryl/α,β-unsaturated/α-hetero) is 1. The standard InChI is InChI=1S/C17H19NO4S/c1-22-16-9-11(5-6-12(16)10-18)17(19)13-7-14-3-2-4-15(8-13)23(14,20)21/h5-6,9,13-15H,2-4,7-8H2,1H3. The number of methoxy groups -OCH3 is 1. The first-order valence-corrected chi connectivity index (χ1v) is 9.43. The molecule has 0 aromatic heterocycles. The van der Waals surface area contributed by atoms with Crippen LogP contribution in [0.1, 0.15) is 48.0 Å². The highest BCUT2D eigenvalue weighted by atomic mass is 32.2. The van der Waals surface area contributed by atoms with Gasteiger partial charge in [0.2, 0.25) is 0 Å². The third-order valence-electron chi connectivity index (χ3n) is 5.05. The smallest absolute Gasteiger partial charge is 0.166 e. The highest BCUT2D eigenvalue weighted by Gasteiger charge is 2.46. The zero-order valence-corrected chi connectivity index (χ0v) is 13.8. The van der Waals surface area contributed by atoms with Crippen LogP contribution in [0, 0.1) is 17.2 Å². The van der Waals surface area contributed by atoms with Gasteiger partial charge in [-0.1, -0.05) is 6.42 Å². The third-order valence-corrected chi connectivity index (χ3v) is 7.77. The lowest BCUT2D eigenvalue weighted by Gasteiger charge is -2.38. The molecule has 122 valence electrons. The third kappa shape index (κ3) is 2.74. The molecule has 2 fully saturated rings. The molecule has 0 saturated carbocycles. The Balaban J connectivity index is 1.86. The average Bonchev–Trinajstić information content (AvgIpc) is 2.52. The number of hydrogen-bond acceptors (Lipinski definition) is 5. The second kappa shape index (κ2) is 5.97. The van der Waals surface area contributed by atoms with Crippen LogP contribution >= 0.6 is 0 Å². The van der Waals surface area contributed by atoms with Crippen molar-refractivity contribution in [3.63, 3.8) is 0 Å². The number of ketones is 1. The lowest BCUT2D eigenvalue weighted by atomic mass is 9.84. The Bertz CT molecular complexity index is 758. The van der Waals surface area contributed by atoms with E-state index in [1.165, 1.54) is 7.11 Å². The lowest BCUT2D eigenvalue weighted by Crippen LogP contribution is -2.45. The van der Waals surface area contributed by atoms with Gasteiger partial charge in [0.05, 0.1) is 23.2 Å². The lowest BCUT2D eigenvalue weighted by molar-refractivity contribution is 0.0893. The van der Waals surface area contributed by atoms with Gasteiger partial charge in [-0.05, 0) is 43.9 Å². The Labute approximate surface area is 136 Å². The highest BCUT2D eigenvalue weighted by molar-refractivity contribution is 7.92. The monoisotopic (exact) mass is 333 g/mol. The molecule has 1 aromatic carbocycles. The van der Waals surface area contributed by atoms with Crippen LogP contribution in [-0.2, 0) is 9.84 Å². The van der Waals surface area contributed by atoms with Gasteiger partial charge >= 0.3 is 0 Å². The van der Waals surface area contributed by atoms with E-state index in [0.29, 0.717) is 42.6 Å². The van der Waals surface area contributed by atoms with Crippen molar-refractivity contribution in [2.45, 2.75) is 42.6 Å². The van der Waals surface area contributed by atoms with Crippen molar-refractivity contribution < 1.29 is 17.9 Å². The van der Waals surface area contributed by atoms with E-state index in [1.54, 1.807) is 18.2 Å². The molecular formula is C17H19NO4S. The molecule has 1 aromatic rings. The summed E-state index contributed by atoms with van der Waals surface area (Å²) < 4.78 is 29.8. The van der Waals surface area contributed by atoms with E-state index < -0.39 is 9.84 Å². The number of rotatable bonds is 3. The average molecular weight is 333 g/mol. The Morgan fingerprint density at radius 2 is 1.91 bits per heavy atom. The minimum atomic E-state index is -3.06. The molecule has 0 N–H and O–H groups in total. The molecule has 0 radical (unpaired) electrons. The Kier molecular flexibility index (Phi) is 4.15. The normalized spacial score (nSPS) is 28.6. The molecule has 2 aliphatic heterocycles. The van der Waals surface area contributed by atoms with E-state index in [0.717, 1.165) is 6.42 Å². The number of carbonyl (C=O) groups excluding carboxylic acids is 1. The van der Waals surface area contributed by atoms with Gasteiger partial charge in [-0.3, -0.25) is 4.79 Å². The number of sulfone groups is 1. The van der Waals surface area contributed by atoms with Gasteiger partial charge in [0.25, 0.3) is 0 Å². The van der Waals surface area contributed by atoms with Crippen LogP contribution in [0.2, 0.25) is 0 Å². The van der Waals surface area contributed by atoms with Gasteiger partial charge in [-0.15, -0.1) is 0 Å². The number of nitriles is 1. The minimum absolute atomic E-state index is 0.0420. The van der Waals surface area contributed by atoms with E-state index >= 15 is 0 Å². The summed E-state index contributed by atoms with van der Waals surface area (Å²) in [6.45, 7) is 0. The van der Waals surface area contributed by atoms with Gasteiger partial charge in [0.1, 0.15) is 11.8 Å². The summed E-state index contributed by atoms with van der Waals surface area (Å²) >= 11 is 0. The molecule has 2 aliphatic rings. The summed E-state index contributed by atoms with van der Waals surface area (Å²) in [6.07, 6.45) is 3.10. The van der Waals surface area contributed by atoms with Crippen LogP contribution < -0.4 is 4.74 Å². The van der Waals surface area contributed by atoms with Crippen molar-refractivity contribution in [2.75, 3.05) is 7.11 Å². The maximum Gasteiger partial charge on any atom is 0.166 e. The largest absolute Gasteiger partial charge is 0.495 e. The quantitative estimate of drug-likeness (QED) is 0.794. The van der Waals surface area contributed by atoms with E-state index in [-0.39, 0.29) is 22.2 Å². The van der Waals surface area contributed by atoms with Gasteiger partial charge in [-0.25, -0.2) is 8.42 Å². The molecule has 3 rings (SSSR count). The van der Waals surface area contributed by atoms with E-state index in [1.807, 2.05) is 6.07 Å². The number of benzene rings is 1. The summed E-state index contributed by atoms with van der Waals surface area (Å²) in [6, 6.07) is 6.81. The van der Waals surface area contributed by atoms with E-state index in [2.05, 4.69) is 0 Å². The van der Waals surface area contributed by atoms with Crippen molar-refractivity contribution in [1.82, 2.24) is 0 Å². The number of hydrogen-bond donors (Lipinski definition) is 0. The number of ether oxygens (including phenoxy) is 1. The zero-order valence-electron chi connectivity index (χ0n) is 13.0. The molecule has 0 amide bonds. The molecule has 23 heavy (non-hydrogen) atoms. The molecular weight excluding hydrogens is 314 g/mol. The summed E-state index contributed by atoms with van der Waals surface area (Å²) in [5, 5.41) is 8.27. The fourth-order valence-electron chi connectivity index (χ4n) is 3.80. The molecule has 2 atom stereocenters. The molecule has 0 aliphatic carbocycles. The van der Waals surface area contributed by atoms with Gasteiger partial charge in [0.15, 0.2) is 15.6 Å². The summed E-state index contributed by atoms with van der Waals surface area (Å²) in [7, 11) is -1.60. The van der Waals surface area contributed by atoms with Gasteiger partial charge in [-0.2, -0.15) is 5.26 Å². The van der Waals surface area contributed by atoms with Crippen LogP contribution in [0.25, 0.3) is 0 Å². The van der Waals surface area contributed by atoms with Crippen molar-refractivity contribution in [3.05, 3.63) is 29.3 Å². The van der Waals surface area contributed by atoms with Gasteiger partial charge in [0, 0.05) is 11.5 Å². The summed E-state index contributed by atoms with van der Waals surface area (Å²) in [5.41, 5.74) is 0.871. The maximum atomic E-state index is 12.8. The summed E-state index contributed by atoms with van der Waals surface area (Å²) in [5.74, 6) is 0.0769. The van der Waals surface area contributed by atoms with Crippen LogP contribution in [0.5, 0.6) is 5.75 Å². The molecule has 6 heteroatoms. The first-order chi connectivity index (χ1) is 11.0. The predicted octanol–water partition coefficient (Wildman–Crippen LogP) is 2.50. The van der Waals surface area contributed by atoms with Crippen LogP contribution in [-0.4, -0.2) is 31.8 Å². The molecule has 2 heterocycles. The van der Waals surface area contributed by atoms with Crippen molar-refractivity contribution >= 4 is 15.6 Å². The number of nitrogens with zero attached hydrogens (tertiary/aromatic N) is 1. The topological polar surface area (TPSA) is 84.2 Å². The van der Waals surface area contributed by atoms with E-state index in [4.69, 9.17) is 10.00 Å². The first kappa shape index (κ1) is 16.0. The molecule has 2 saturated heterocycles. The SMILES string of the molecule is COc1cc(C(=O)C2CC3CCCC(C2)S3(=O)=O)ccc1C#N. The Hall–Kier alpha value is -1.87. The Morgan fingerprint density at radius 3 is 2.48 bits per heavy atom. The molecule has 0 spiro atoms. The fraction of sp³-hybridized carbons (Fsp3) is 0.529. The second-order valence-corrected chi connectivity index (χ2v) is 8.83. The predicted molar refractivity (Wildman–Crippen MR) is 85.1 cm³/mol.